The quantitative estimate of drug-likeness (QED) is 0.727. The number of amides is 1. The smallest absolute Gasteiger partial charge is 0.241 e. The Morgan fingerprint density at radius 3 is 3.24 bits per heavy atom. The van der Waals surface area contributed by atoms with E-state index >= 15 is 0 Å². The van der Waals surface area contributed by atoms with Gasteiger partial charge < -0.3 is 10.6 Å². The van der Waals surface area contributed by atoms with Crippen molar-refractivity contribution >= 4 is 22.5 Å². The molecule has 1 saturated heterocycles. The van der Waals surface area contributed by atoms with Crippen LogP contribution in [0, 0.1) is 0 Å². The number of carbonyl (C=O) groups is 1. The number of aromatic amines is 1. The van der Waals surface area contributed by atoms with Gasteiger partial charge in [0.25, 0.3) is 0 Å². The number of aromatic nitrogens is 2. The second kappa shape index (κ2) is 4.18. The first kappa shape index (κ1) is 10.3. The number of benzene rings is 1. The van der Waals surface area contributed by atoms with Crippen LogP contribution in [0.3, 0.4) is 0 Å². The van der Waals surface area contributed by atoms with Crippen molar-refractivity contribution in [2.45, 2.75) is 18.9 Å². The number of anilines is 1. The third-order valence-electron chi connectivity index (χ3n) is 3.12. The van der Waals surface area contributed by atoms with Crippen molar-refractivity contribution in [1.29, 1.82) is 0 Å². The van der Waals surface area contributed by atoms with Gasteiger partial charge in [-0.05, 0) is 31.5 Å². The van der Waals surface area contributed by atoms with Crippen LogP contribution in [-0.4, -0.2) is 28.7 Å². The van der Waals surface area contributed by atoms with Gasteiger partial charge in [-0.25, -0.2) is 0 Å². The Balaban J connectivity index is 1.84. The number of nitrogens with one attached hydrogen (secondary N) is 3. The molecule has 17 heavy (non-hydrogen) atoms. The van der Waals surface area contributed by atoms with Crippen molar-refractivity contribution in [3.63, 3.8) is 0 Å². The largest absolute Gasteiger partial charge is 0.324 e. The molecule has 0 radical (unpaired) electrons. The summed E-state index contributed by atoms with van der Waals surface area (Å²) in [6.45, 7) is 0.925. The molecule has 1 amide bonds. The first-order chi connectivity index (χ1) is 8.34. The lowest BCUT2D eigenvalue weighted by Crippen LogP contribution is -2.35. The molecule has 0 saturated carbocycles. The van der Waals surface area contributed by atoms with Crippen LogP contribution in [0.15, 0.2) is 24.4 Å². The van der Waals surface area contributed by atoms with Crippen LogP contribution in [0.1, 0.15) is 12.8 Å². The third kappa shape index (κ3) is 1.89. The number of H-pyrrole nitrogens is 1. The maximum Gasteiger partial charge on any atom is 0.241 e. The lowest BCUT2D eigenvalue weighted by molar-refractivity contribution is -0.117. The molecule has 1 aliphatic rings. The molecule has 1 aromatic heterocycles. The average Bonchev–Trinajstić information content (AvgIpc) is 3.00. The molecule has 88 valence electrons. The Hall–Kier alpha value is -1.88. The number of rotatable bonds is 2. The summed E-state index contributed by atoms with van der Waals surface area (Å²) in [4.78, 5) is 12.0. The number of nitrogens with zero attached hydrogens (tertiary/aromatic N) is 1. The third-order valence-corrected chi connectivity index (χ3v) is 3.12. The Bertz CT molecular complexity index is 542. The maximum atomic E-state index is 12.0. The molecule has 1 fully saturated rings. The van der Waals surface area contributed by atoms with Crippen LogP contribution in [0.5, 0.6) is 0 Å². The van der Waals surface area contributed by atoms with E-state index < -0.39 is 0 Å². The van der Waals surface area contributed by atoms with E-state index in [0.717, 1.165) is 36.0 Å². The molecule has 5 heteroatoms. The van der Waals surface area contributed by atoms with Crippen molar-refractivity contribution in [1.82, 2.24) is 15.5 Å². The standard InChI is InChI=1S/C12H14N4O/c17-12(11-5-2-6-13-11)15-9-3-1-4-10-8(9)7-14-16-10/h1,3-4,7,11,13H,2,5-6H2,(H,14,16)(H,15,17)/t11-/m1/s1. The van der Waals surface area contributed by atoms with Crippen LogP contribution in [0.2, 0.25) is 0 Å². The van der Waals surface area contributed by atoms with Gasteiger partial charge in [0, 0.05) is 5.39 Å². The normalized spacial score (nSPS) is 19.6. The van der Waals surface area contributed by atoms with E-state index in [1.54, 1.807) is 6.20 Å². The van der Waals surface area contributed by atoms with E-state index in [1.165, 1.54) is 0 Å². The molecular weight excluding hydrogens is 216 g/mol. The number of fused-ring (bicyclic) bond motifs is 1. The zero-order valence-corrected chi connectivity index (χ0v) is 9.36. The van der Waals surface area contributed by atoms with Crippen LogP contribution >= 0.6 is 0 Å². The van der Waals surface area contributed by atoms with E-state index in [2.05, 4.69) is 20.8 Å². The summed E-state index contributed by atoms with van der Waals surface area (Å²) < 4.78 is 0. The number of hydrogen-bond acceptors (Lipinski definition) is 3. The van der Waals surface area contributed by atoms with Crippen LogP contribution < -0.4 is 10.6 Å². The summed E-state index contributed by atoms with van der Waals surface area (Å²) in [5.41, 5.74) is 1.75. The Kier molecular flexibility index (Phi) is 2.53. The molecule has 0 bridgehead atoms. The molecule has 0 spiro atoms. The highest BCUT2D eigenvalue weighted by atomic mass is 16.2. The monoisotopic (exact) mass is 230 g/mol. The minimum Gasteiger partial charge on any atom is -0.324 e. The molecule has 2 heterocycles. The highest BCUT2D eigenvalue weighted by molar-refractivity contribution is 6.02. The molecule has 0 unspecified atom stereocenters. The molecule has 5 nitrogen and oxygen atoms in total. The first-order valence-electron chi connectivity index (χ1n) is 5.81. The Morgan fingerprint density at radius 2 is 2.41 bits per heavy atom. The summed E-state index contributed by atoms with van der Waals surface area (Å²) in [6.07, 6.45) is 3.70. The van der Waals surface area contributed by atoms with Gasteiger partial charge in [-0.2, -0.15) is 5.10 Å². The zero-order valence-electron chi connectivity index (χ0n) is 9.36. The van der Waals surface area contributed by atoms with Crippen molar-refractivity contribution in [2.75, 3.05) is 11.9 Å². The van der Waals surface area contributed by atoms with Crippen molar-refractivity contribution in [2.24, 2.45) is 0 Å². The van der Waals surface area contributed by atoms with Gasteiger partial charge in [-0.3, -0.25) is 9.89 Å². The minimum atomic E-state index is -0.0582. The number of hydrogen-bond donors (Lipinski definition) is 3. The second-order valence-electron chi connectivity index (χ2n) is 4.28. The van der Waals surface area contributed by atoms with Crippen LogP contribution in [0.25, 0.3) is 10.9 Å². The SMILES string of the molecule is O=C(Nc1cccc2[nH]ncc12)[C@H]1CCCN1. The lowest BCUT2D eigenvalue weighted by atomic mass is 10.2. The molecule has 3 N–H and O–H groups in total. The fourth-order valence-electron chi connectivity index (χ4n) is 2.21. The van der Waals surface area contributed by atoms with E-state index in [9.17, 15) is 4.79 Å². The summed E-state index contributed by atoms with van der Waals surface area (Å²) in [7, 11) is 0. The predicted octanol–water partition coefficient (Wildman–Crippen LogP) is 1.25. The lowest BCUT2D eigenvalue weighted by Gasteiger charge is -2.11. The molecular formula is C12H14N4O. The van der Waals surface area contributed by atoms with Gasteiger partial charge in [0.1, 0.15) is 0 Å². The van der Waals surface area contributed by atoms with E-state index in [1.807, 2.05) is 18.2 Å². The summed E-state index contributed by atoms with van der Waals surface area (Å²) in [6, 6.07) is 5.67. The fraction of sp³-hybridized carbons (Fsp3) is 0.333. The van der Waals surface area contributed by atoms with Gasteiger partial charge in [0.2, 0.25) is 5.91 Å². The van der Waals surface area contributed by atoms with Crippen molar-refractivity contribution in [3.05, 3.63) is 24.4 Å². The minimum absolute atomic E-state index is 0.0381. The van der Waals surface area contributed by atoms with E-state index in [4.69, 9.17) is 0 Å². The molecule has 1 aliphatic heterocycles. The fourth-order valence-corrected chi connectivity index (χ4v) is 2.21. The molecule has 0 aliphatic carbocycles. The molecule has 1 aromatic carbocycles. The van der Waals surface area contributed by atoms with E-state index in [0.29, 0.717) is 0 Å². The topological polar surface area (TPSA) is 69.8 Å². The highest BCUT2D eigenvalue weighted by Gasteiger charge is 2.22. The van der Waals surface area contributed by atoms with Gasteiger partial charge in [-0.1, -0.05) is 6.07 Å². The molecule has 1 atom stereocenters. The van der Waals surface area contributed by atoms with Gasteiger partial charge in [-0.15, -0.1) is 0 Å². The van der Waals surface area contributed by atoms with E-state index in [-0.39, 0.29) is 11.9 Å². The van der Waals surface area contributed by atoms with Gasteiger partial charge in [0.05, 0.1) is 23.4 Å². The molecule has 2 aromatic rings. The Morgan fingerprint density at radius 1 is 1.47 bits per heavy atom. The summed E-state index contributed by atoms with van der Waals surface area (Å²) in [5.74, 6) is 0.0381. The number of carbonyl (C=O) groups excluding carboxylic acids is 1. The van der Waals surface area contributed by atoms with Gasteiger partial charge >= 0.3 is 0 Å². The second-order valence-corrected chi connectivity index (χ2v) is 4.28. The zero-order chi connectivity index (χ0) is 11.7. The average molecular weight is 230 g/mol. The summed E-state index contributed by atoms with van der Waals surface area (Å²) in [5, 5.41) is 13.9. The first-order valence-corrected chi connectivity index (χ1v) is 5.81. The van der Waals surface area contributed by atoms with Crippen molar-refractivity contribution in [3.8, 4) is 0 Å². The van der Waals surface area contributed by atoms with Crippen LogP contribution in [0.4, 0.5) is 5.69 Å². The summed E-state index contributed by atoms with van der Waals surface area (Å²) >= 11 is 0. The molecule has 3 rings (SSSR count). The maximum absolute atomic E-state index is 12.0. The Labute approximate surface area is 98.6 Å². The van der Waals surface area contributed by atoms with Crippen LogP contribution in [-0.2, 0) is 4.79 Å². The highest BCUT2D eigenvalue weighted by Crippen LogP contribution is 2.21. The predicted molar refractivity (Wildman–Crippen MR) is 65.7 cm³/mol. The van der Waals surface area contributed by atoms with Crippen molar-refractivity contribution < 1.29 is 4.79 Å². The van der Waals surface area contributed by atoms with Gasteiger partial charge in [0.15, 0.2) is 0 Å².